The molecule has 2 N–H and O–H groups in total. The van der Waals surface area contributed by atoms with E-state index in [1.54, 1.807) is 0 Å². The van der Waals surface area contributed by atoms with Crippen LogP contribution in [0.4, 0.5) is 5.69 Å². The largest absolute Gasteiger partial charge is 0.378 e. The average Bonchev–Trinajstić information content (AvgIpc) is 2.63. The number of rotatable bonds is 6. The number of hydrogen-bond acceptors (Lipinski definition) is 4. The van der Waals surface area contributed by atoms with Crippen molar-refractivity contribution < 1.29 is 9.53 Å². The van der Waals surface area contributed by atoms with Crippen LogP contribution in [0.3, 0.4) is 0 Å². The van der Waals surface area contributed by atoms with E-state index in [1.165, 1.54) is 11.3 Å². The molecule has 1 unspecified atom stereocenters. The third-order valence-corrected chi connectivity index (χ3v) is 4.59. The van der Waals surface area contributed by atoms with Crippen LogP contribution >= 0.6 is 0 Å². The summed E-state index contributed by atoms with van der Waals surface area (Å²) in [5, 5.41) is 0. The lowest BCUT2D eigenvalue weighted by Gasteiger charge is -2.32. The fourth-order valence-corrected chi connectivity index (χ4v) is 3.39. The second-order valence-electron chi connectivity index (χ2n) is 6.36. The number of nitrogens with zero attached hydrogens (tertiary/aromatic N) is 2. The summed E-state index contributed by atoms with van der Waals surface area (Å²) in [4.78, 5) is 16.4. The number of likely N-dealkylation sites (N-methyl/N-ethyl adjacent to an activating group) is 1. The quantitative estimate of drug-likeness (QED) is 0.876. The lowest BCUT2D eigenvalue weighted by atomic mass is 10.0. The van der Waals surface area contributed by atoms with Gasteiger partial charge in [-0.1, -0.05) is 48.5 Å². The van der Waals surface area contributed by atoms with E-state index in [2.05, 4.69) is 23.1 Å². The van der Waals surface area contributed by atoms with Crippen LogP contribution in [0.2, 0.25) is 0 Å². The van der Waals surface area contributed by atoms with E-state index in [4.69, 9.17) is 10.5 Å². The van der Waals surface area contributed by atoms with E-state index in [-0.39, 0.29) is 5.91 Å². The summed E-state index contributed by atoms with van der Waals surface area (Å²) in [5.41, 5.74) is 9.01. The second kappa shape index (κ2) is 8.14. The molecule has 1 aliphatic rings. The summed E-state index contributed by atoms with van der Waals surface area (Å²) in [6.45, 7) is 3.92. The highest BCUT2D eigenvalue weighted by atomic mass is 16.5. The maximum atomic E-state index is 12.1. The summed E-state index contributed by atoms with van der Waals surface area (Å²) < 4.78 is 5.46. The summed E-state index contributed by atoms with van der Waals surface area (Å²) in [6, 6.07) is 17.6. The number of carbonyl (C=O) groups excluding carboxylic acids is 1. The van der Waals surface area contributed by atoms with Crippen LogP contribution in [0, 0.1) is 0 Å². The predicted molar refractivity (Wildman–Crippen MR) is 99.3 cm³/mol. The summed E-state index contributed by atoms with van der Waals surface area (Å²) >= 11 is 0. The molecule has 0 aromatic heterocycles. The monoisotopic (exact) mass is 339 g/mol. The molecule has 1 aliphatic heterocycles. The summed E-state index contributed by atoms with van der Waals surface area (Å²) in [5.74, 6) is -0.336. The van der Waals surface area contributed by atoms with E-state index < -0.39 is 6.04 Å². The fourth-order valence-electron chi connectivity index (χ4n) is 3.39. The zero-order valence-electron chi connectivity index (χ0n) is 14.6. The minimum Gasteiger partial charge on any atom is -0.378 e. The number of amides is 1. The Balaban J connectivity index is 1.82. The van der Waals surface area contributed by atoms with Crippen molar-refractivity contribution in [2.45, 2.75) is 12.6 Å². The molecule has 1 amide bonds. The molecule has 25 heavy (non-hydrogen) atoms. The topological polar surface area (TPSA) is 58.8 Å². The van der Waals surface area contributed by atoms with E-state index in [0.717, 1.165) is 31.9 Å². The van der Waals surface area contributed by atoms with Gasteiger partial charge in [-0.25, -0.2) is 0 Å². The minimum absolute atomic E-state index is 0.336. The van der Waals surface area contributed by atoms with Gasteiger partial charge in [0, 0.05) is 25.3 Å². The molecule has 132 valence electrons. The van der Waals surface area contributed by atoms with Gasteiger partial charge in [0.15, 0.2) is 0 Å². The van der Waals surface area contributed by atoms with Gasteiger partial charge in [0.2, 0.25) is 5.91 Å². The first kappa shape index (κ1) is 17.5. The van der Waals surface area contributed by atoms with Gasteiger partial charge in [0.05, 0.1) is 13.2 Å². The van der Waals surface area contributed by atoms with Crippen LogP contribution in [0.5, 0.6) is 0 Å². The Hall–Kier alpha value is -2.37. The second-order valence-corrected chi connectivity index (χ2v) is 6.36. The first-order valence-electron chi connectivity index (χ1n) is 8.62. The number of anilines is 1. The summed E-state index contributed by atoms with van der Waals surface area (Å²) in [6.07, 6.45) is 0. The van der Waals surface area contributed by atoms with Crippen molar-refractivity contribution in [3.8, 4) is 0 Å². The SMILES string of the molecule is CN(Cc1ccccc1N1CCOCC1)C(C(N)=O)c1ccccc1. The zero-order valence-corrected chi connectivity index (χ0v) is 14.6. The van der Waals surface area contributed by atoms with Crippen LogP contribution in [-0.4, -0.2) is 44.2 Å². The van der Waals surface area contributed by atoms with Crippen LogP contribution in [0.1, 0.15) is 17.2 Å². The molecule has 1 heterocycles. The first-order chi connectivity index (χ1) is 12.2. The van der Waals surface area contributed by atoms with E-state index in [1.807, 2.05) is 48.3 Å². The zero-order chi connectivity index (χ0) is 17.6. The number of nitrogens with two attached hydrogens (primary N) is 1. The molecule has 1 saturated heterocycles. The van der Waals surface area contributed by atoms with Crippen molar-refractivity contribution >= 4 is 11.6 Å². The van der Waals surface area contributed by atoms with Crippen molar-refractivity contribution in [3.63, 3.8) is 0 Å². The molecule has 3 rings (SSSR count). The van der Waals surface area contributed by atoms with Crippen molar-refractivity contribution in [3.05, 3.63) is 65.7 Å². The van der Waals surface area contributed by atoms with Crippen LogP contribution < -0.4 is 10.6 Å². The lowest BCUT2D eigenvalue weighted by Crippen LogP contribution is -2.38. The lowest BCUT2D eigenvalue weighted by molar-refractivity contribution is -0.123. The van der Waals surface area contributed by atoms with Gasteiger partial charge in [-0.3, -0.25) is 9.69 Å². The molecule has 1 atom stereocenters. The Bertz CT molecular complexity index is 699. The highest BCUT2D eigenvalue weighted by Crippen LogP contribution is 2.26. The molecule has 0 spiro atoms. The van der Waals surface area contributed by atoms with Crippen LogP contribution in [-0.2, 0) is 16.1 Å². The number of morpholine rings is 1. The number of primary amides is 1. The van der Waals surface area contributed by atoms with Gasteiger partial charge >= 0.3 is 0 Å². The third-order valence-electron chi connectivity index (χ3n) is 4.59. The highest BCUT2D eigenvalue weighted by Gasteiger charge is 2.24. The number of benzene rings is 2. The van der Waals surface area contributed by atoms with Crippen molar-refractivity contribution in [2.75, 3.05) is 38.3 Å². The molecule has 2 aromatic carbocycles. The Labute approximate surface area is 149 Å². The summed E-state index contributed by atoms with van der Waals surface area (Å²) in [7, 11) is 1.94. The van der Waals surface area contributed by atoms with Crippen molar-refractivity contribution in [1.29, 1.82) is 0 Å². The predicted octanol–water partition coefficient (Wildman–Crippen LogP) is 2.18. The van der Waals surface area contributed by atoms with Gasteiger partial charge in [-0.2, -0.15) is 0 Å². The molecule has 2 aromatic rings. The van der Waals surface area contributed by atoms with Gasteiger partial charge in [-0.05, 0) is 24.2 Å². The number of para-hydroxylation sites is 1. The van der Waals surface area contributed by atoms with Gasteiger partial charge < -0.3 is 15.4 Å². The van der Waals surface area contributed by atoms with Gasteiger partial charge in [0.25, 0.3) is 0 Å². The number of carbonyl (C=O) groups is 1. The first-order valence-corrected chi connectivity index (χ1v) is 8.62. The maximum absolute atomic E-state index is 12.1. The molecule has 5 heteroatoms. The van der Waals surface area contributed by atoms with Gasteiger partial charge in [-0.15, -0.1) is 0 Å². The molecular weight excluding hydrogens is 314 g/mol. The van der Waals surface area contributed by atoms with E-state index >= 15 is 0 Å². The molecule has 0 bridgehead atoms. The maximum Gasteiger partial charge on any atom is 0.239 e. The molecule has 5 nitrogen and oxygen atoms in total. The molecule has 0 radical (unpaired) electrons. The molecule has 0 aliphatic carbocycles. The Kier molecular flexibility index (Phi) is 5.68. The van der Waals surface area contributed by atoms with Gasteiger partial charge in [0.1, 0.15) is 6.04 Å². The fraction of sp³-hybridized carbons (Fsp3) is 0.350. The standard InChI is InChI=1S/C20H25N3O2/c1-22(19(20(21)24)16-7-3-2-4-8-16)15-17-9-5-6-10-18(17)23-11-13-25-14-12-23/h2-10,19H,11-15H2,1H3,(H2,21,24). The smallest absolute Gasteiger partial charge is 0.239 e. The number of hydrogen-bond donors (Lipinski definition) is 1. The average molecular weight is 339 g/mol. The van der Waals surface area contributed by atoms with E-state index in [0.29, 0.717) is 6.54 Å². The Morgan fingerprint density at radius 2 is 1.76 bits per heavy atom. The Morgan fingerprint density at radius 1 is 1.12 bits per heavy atom. The number of ether oxygens (including phenoxy) is 1. The third kappa shape index (κ3) is 4.18. The normalized spacial score (nSPS) is 16.0. The molecule has 0 saturated carbocycles. The molecular formula is C20H25N3O2. The molecule has 1 fully saturated rings. The van der Waals surface area contributed by atoms with E-state index in [9.17, 15) is 4.79 Å². The van der Waals surface area contributed by atoms with Crippen molar-refractivity contribution in [2.24, 2.45) is 5.73 Å². The van der Waals surface area contributed by atoms with Crippen molar-refractivity contribution in [1.82, 2.24) is 4.90 Å². The Morgan fingerprint density at radius 3 is 2.44 bits per heavy atom. The minimum atomic E-state index is -0.445. The van der Waals surface area contributed by atoms with Crippen LogP contribution in [0.15, 0.2) is 54.6 Å². The highest BCUT2D eigenvalue weighted by molar-refractivity contribution is 5.81. The van der Waals surface area contributed by atoms with Crippen LogP contribution in [0.25, 0.3) is 0 Å².